The van der Waals surface area contributed by atoms with Crippen LogP contribution in [-0.2, 0) is 0 Å². The Kier molecular flexibility index (Phi) is 3.20. The van der Waals surface area contributed by atoms with E-state index in [1.165, 1.54) is 18.7 Å². The van der Waals surface area contributed by atoms with E-state index in [-0.39, 0.29) is 5.91 Å². The number of aromatic amines is 1. The SMILES string of the molecule is O=C(Nc1ccc(-c2ccn[nH]2)cc1)c1cncnc1. The molecular formula is C14H11N5O. The number of amides is 1. The van der Waals surface area contributed by atoms with E-state index in [2.05, 4.69) is 25.5 Å². The fourth-order valence-electron chi connectivity index (χ4n) is 1.77. The lowest BCUT2D eigenvalue weighted by Gasteiger charge is -2.05. The number of anilines is 1. The first-order chi connectivity index (χ1) is 9.83. The molecule has 0 saturated heterocycles. The third-order valence-corrected chi connectivity index (χ3v) is 2.78. The summed E-state index contributed by atoms with van der Waals surface area (Å²) in [7, 11) is 0. The van der Waals surface area contributed by atoms with Crippen molar-refractivity contribution in [1.82, 2.24) is 20.2 Å². The summed E-state index contributed by atoms with van der Waals surface area (Å²) < 4.78 is 0. The highest BCUT2D eigenvalue weighted by atomic mass is 16.1. The molecule has 3 rings (SSSR count). The second-order valence-corrected chi connectivity index (χ2v) is 4.13. The zero-order chi connectivity index (χ0) is 13.8. The van der Waals surface area contributed by atoms with Gasteiger partial charge in [0.25, 0.3) is 5.91 Å². The summed E-state index contributed by atoms with van der Waals surface area (Å²) in [5.41, 5.74) is 3.06. The van der Waals surface area contributed by atoms with Crippen molar-refractivity contribution in [2.75, 3.05) is 5.32 Å². The molecule has 0 unspecified atom stereocenters. The smallest absolute Gasteiger partial charge is 0.258 e. The lowest BCUT2D eigenvalue weighted by molar-refractivity contribution is 0.102. The first-order valence-electron chi connectivity index (χ1n) is 5.99. The molecule has 98 valence electrons. The van der Waals surface area contributed by atoms with Gasteiger partial charge >= 0.3 is 0 Å². The van der Waals surface area contributed by atoms with Crippen molar-refractivity contribution < 1.29 is 4.79 Å². The van der Waals surface area contributed by atoms with Crippen molar-refractivity contribution in [2.45, 2.75) is 0 Å². The van der Waals surface area contributed by atoms with Gasteiger partial charge in [0.1, 0.15) is 6.33 Å². The van der Waals surface area contributed by atoms with Crippen molar-refractivity contribution in [1.29, 1.82) is 0 Å². The number of hydrogen-bond acceptors (Lipinski definition) is 4. The maximum Gasteiger partial charge on any atom is 0.258 e. The van der Waals surface area contributed by atoms with E-state index in [1.54, 1.807) is 6.20 Å². The molecule has 2 heterocycles. The Labute approximate surface area is 114 Å². The van der Waals surface area contributed by atoms with Crippen LogP contribution in [0.2, 0.25) is 0 Å². The summed E-state index contributed by atoms with van der Waals surface area (Å²) in [6.07, 6.45) is 6.03. The quantitative estimate of drug-likeness (QED) is 0.759. The number of nitrogens with zero attached hydrogens (tertiary/aromatic N) is 3. The van der Waals surface area contributed by atoms with Crippen molar-refractivity contribution in [3.63, 3.8) is 0 Å². The second-order valence-electron chi connectivity index (χ2n) is 4.13. The van der Waals surface area contributed by atoms with Crippen molar-refractivity contribution in [3.8, 4) is 11.3 Å². The molecule has 20 heavy (non-hydrogen) atoms. The molecule has 0 fully saturated rings. The molecule has 0 saturated carbocycles. The van der Waals surface area contributed by atoms with Crippen LogP contribution in [0.5, 0.6) is 0 Å². The van der Waals surface area contributed by atoms with Crippen LogP contribution in [0, 0.1) is 0 Å². The minimum absolute atomic E-state index is 0.236. The third kappa shape index (κ3) is 2.54. The molecule has 6 heteroatoms. The van der Waals surface area contributed by atoms with E-state index in [0.717, 1.165) is 11.3 Å². The van der Waals surface area contributed by atoms with Crippen LogP contribution in [0.15, 0.2) is 55.2 Å². The highest BCUT2D eigenvalue weighted by Crippen LogP contribution is 2.19. The number of carbonyl (C=O) groups is 1. The van der Waals surface area contributed by atoms with Crippen LogP contribution in [0.4, 0.5) is 5.69 Å². The molecule has 0 aliphatic heterocycles. The van der Waals surface area contributed by atoms with Crippen LogP contribution in [0.25, 0.3) is 11.3 Å². The van der Waals surface area contributed by atoms with Gasteiger partial charge in [-0.15, -0.1) is 0 Å². The molecule has 0 aliphatic carbocycles. The fourth-order valence-corrected chi connectivity index (χ4v) is 1.77. The van der Waals surface area contributed by atoms with Gasteiger partial charge in [0.15, 0.2) is 0 Å². The number of benzene rings is 1. The van der Waals surface area contributed by atoms with Gasteiger partial charge in [-0.1, -0.05) is 12.1 Å². The molecule has 6 nitrogen and oxygen atoms in total. The normalized spacial score (nSPS) is 10.2. The zero-order valence-electron chi connectivity index (χ0n) is 10.4. The van der Waals surface area contributed by atoms with Crippen molar-refractivity contribution in [2.24, 2.45) is 0 Å². The molecule has 0 atom stereocenters. The zero-order valence-corrected chi connectivity index (χ0v) is 10.4. The van der Waals surface area contributed by atoms with E-state index in [1.807, 2.05) is 30.3 Å². The molecular weight excluding hydrogens is 254 g/mol. The van der Waals surface area contributed by atoms with Gasteiger partial charge in [-0.05, 0) is 23.8 Å². The molecule has 2 N–H and O–H groups in total. The molecule has 3 aromatic rings. The predicted molar refractivity (Wildman–Crippen MR) is 74.0 cm³/mol. The lowest BCUT2D eigenvalue weighted by atomic mass is 10.1. The highest BCUT2D eigenvalue weighted by molar-refractivity contribution is 6.03. The Balaban J connectivity index is 1.74. The highest BCUT2D eigenvalue weighted by Gasteiger charge is 2.06. The van der Waals surface area contributed by atoms with Crippen molar-refractivity contribution >= 4 is 11.6 Å². The van der Waals surface area contributed by atoms with E-state index >= 15 is 0 Å². The average molecular weight is 265 g/mol. The van der Waals surface area contributed by atoms with Gasteiger partial charge in [-0.25, -0.2) is 9.97 Å². The van der Waals surface area contributed by atoms with Gasteiger partial charge in [0.05, 0.1) is 11.3 Å². The van der Waals surface area contributed by atoms with Crippen LogP contribution in [0.1, 0.15) is 10.4 Å². The maximum absolute atomic E-state index is 11.9. The molecule has 2 aromatic heterocycles. The molecule has 0 aliphatic rings. The van der Waals surface area contributed by atoms with E-state index in [9.17, 15) is 4.79 Å². The summed E-state index contributed by atoms with van der Waals surface area (Å²) in [4.78, 5) is 19.5. The van der Waals surface area contributed by atoms with Crippen LogP contribution < -0.4 is 5.32 Å². The topological polar surface area (TPSA) is 83.6 Å². The monoisotopic (exact) mass is 265 g/mol. The minimum Gasteiger partial charge on any atom is -0.322 e. The second kappa shape index (κ2) is 5.31. The van der Waals surface area contributed by atoms with E-state index in [0.29, 0.717) is 11.3 Å². The Morgan fingerprint density at radius 2 is 1.80 bits per heavy atom. The third-order valence-electron chi connectivity index (χ3n) is 2.78. The molecule has 0 radical (unpaired) electrons. The van der Waals surface area contributed by atoms with Crippen molar-refractivity contribution in [3.05, 3.63) is 60.8 Å². The van der Waals surface area contributed by atoms with Gasteiger partial charge < -0.3 is 5.32 Å². The first-order valence-corrected chi connectivity index (χ1v) is 5.99. The molecule has 0 bridgehead atoms. The number of aromatic nitrogens is 4. The molecule has 1 amide bonds. The standard InChI is InChI=1S/C14H11N5O/c20-14(11-7-15-9-16-8-11)18-12-3-1-10(2-4-12)13-5-6-17-19-13/h1-9H,(H,17,19)(H,18,20). The molecule has 0 spiro atoms. The largest absolute Gasteiger partial charge is 0.322 e. The first kappa shape index (κ1) is 12.0. The van der Waals surface area contributed by atoms with E-state index < -0.39 is 0 Å². The number of carbonyl (C=O) groups excluding carboxylic acids is 1. The summed E-state index contributed by atoms with van der Waals surface area (Å²) in [5.74, 6) is -0.236. The van der Waals surface area contributed by atoms with Gasteiger partial charge in [-0.3, -0.25) is 9.89 Å². The number of nitrogens with one attached hydrogen (secondary N) is 2. The fraction of sp³-hybridized carbons (Fsp3) is 0. The summed E-state index contributed by atoms with van der Waals surface area (Å²) in [5, 5.41) is 9.57. The summed E-state index contributed by atoms with van der Waals surface area (Å²) in [6.45, 7) is 0. The molecule has 1 aromatic carbocycles. The van der Waals surface area contributed by atoms with E-state index in [4.69, 9.17) is 0 Å². The van der Waals surface area contributed by atoms with Gasteiger partial charge in [0.2, 0.25) is 0 Å². The Hall–Kier alpha value is -3.02. The Morgan fingerprint density at radius 1 is 1.05 bits per heavy atom. The minimum atomic E-state index is -0.236. The lowest BCUT2D eigenvalue weighted by Crippen LogP contribution is -2.12. The summed E-state index contributed by atoms with van der Waals surface area (Å²) >= 11 is 0. The summed E-state index contributed by atoms with van der Waals surface area (Å²) in [6, 6.07) is 9.36. The Bertz CT molecular complexity index is 692. The van der Waals surface area contributed by atoms with Crippen LogP contribution in [0.3, 0.4) is 0 Å². The predicted octanol–water partition coefficient (Wildman–Crippen LogP) is 2.12. The number of H-pyrrole nitrogens is 1. The van der Waals surface area contributed by atoms with Crippen LogP contribution >= 0.6 is 0 Å². The maximum atomic E-state index is 11.9. The number of rotatable bonds is 3. The Morgan fingerprint density at radius 3 is 2.45 bits per heavy atom. The average Bonchev–Trinajstić information content (AvgIpc) is 3.03. The van der Waals surface area contributed by atoms with Crippen LogP contribution in [-0.4, -0.2) is 26.1 Å². The van der Waals surface area contributed by atoms with Gasteiger partial charge in [0, 0.05) is 24.3 Å². The number of hydrogen-bond donors (Lipinski definition) is 2. The van der Waals surface area contributed by atoms with Gasteiger partial charge in [-0.2, -0.15) is 5.10 Å².